The number of guanidine groups is 1. The summed E-state index contributed by atoms with van der Waals surface area (Å²) in [5, 5.41) is 6.41. The van der Waals surface area contributed by atoms with Crippen LogP contribution in [0.4, 0.5) is 10.2 Å². The van der Waals surface area contributed by atoms with E-state index in [9.17, 15) is 12.8 Å². The quantitative estimate of drug-likeness (QED) is 0.227. The first-order valence-electron chi connectivity index (χ1n) is 8.47. The van der Waals surface area contributed by atoms with Gasteiger partial charge in [-0.2, -0.15) is 0 Å². The molecule has 27 heavy (non-hydrogen) atoms. The molecule has 1 aromatic rings. The lowest BCUT2D eigenvalue weighted by Crippen LogP contribution is -2.45. The van der Waals surface area contributed by atoms with E-state index in [2.05, 4.69) is 20.6 Å². The van der Waals surface area contributed by atoms with Crippen LogP contribution in [-0.4, -0.2) is 77.3 Å². The van der Waals surface area contributed by atoms with Gasteiger partial charge in [-0.05, 0) is 18.6 Å². The van der Waals surface area contributed by atoms with Gasteiger partial charge in [-0.3, -0.25) is 4.99 Å². The Hall–Kier alpha value is -1.21. The minimum Gasteiger partial charge on any atom is -0.379 e. The number of rotatable bonds is 8. The maximum Gasteiger partial charge on any atom is 0.191 e. The van der Waals surface area contributed by atoms with Gasteiger partial charge in [0.25, 0.3) is 0 Å². The van der Waals surface area contributed by atoms with E-state index in [1.165, 1.54) is 12.3 Å². The second-order valence-electron chi connectivity index (χ2n) is 6.13. The third-order valence-corrected chi connectivity index (χ3v) is 4.84. The Morgan fingerprint density at radius 1 is 1.48 bits per heavy atom. The lowest BCUT2D eigenvalue weighted by molar-refractivity contribution is 0.154. The number of ether oxygens (including phenoxy) is 1. The zero-order chi connectivity index (χ0) is 19.0. The second kappa shape index (κ2) is 11.6. The average Bonchev–Trinajstić information content (AvgIpc) is 3.04. The lowest BCUT2D eigenvalue weighted by Gasteiger charge is -2.20. The van der Waals surface area contributed by atoms with Gasteiger partial charge in [-0.1, -0.05) is 0 Å². The zero-order valence-corrected chi connectivity index (χ0v) is 18.7. The highest BCUT2D eigenvalue weighted by Gasteiger charge is 2.25. The number of nitrogens with one attached hydrogen (secondary N) is 2. The van der Waals surface area contributed by atoms with Crippen molar-refractivity contribution < 1.29 is 17.5 Å². The van der Waals surface area contributed by atoms with Gasteiger partial charge in [0.2, 0.25) is 0 Å². The Morgan fingerprint density at radius 2 is 2.26 bits per heavy atom. The van der Waals surface area contributed by atoms with Crippen LogP contribution in [0.5, 0.6) is 0 Å². The van der Waals surface area contributed by atoms with E-state index in [1.807, 2.05) is 4.90 Å². The number of sulfone groups is 1. The van der Waals surface area contributed by atoms with Crippen molar-refractivity contribution in [3.05, 3.63) is 24.1 Å². The smallest absolute Gasteiger partial charge is 0.191 e. The maximum atomic E-state index is 13.8. The number of nitrogens with zero attached hydrogens (tertiary/aromatic N) is 3. The highest BCUT2D eigenvalue weighted by molar-refractivity contribution is 14.0. The fraction of sp³-hybridized carbons (Fsp3) is 0.625. The molecule has 1 aliphatic rings. The summed E-state index contributed by atoms with van der Waals surface area (Å²) in [6.07, 6.45) is 3.62. The summed E-state index contributed by atoms with van der Waals surface area (Å²) in [4.78, 5) is 10.2. The molecule has 11 heteroatoms. The van der Waals surface area contributed by atoms with Gasteiger partial charge in [0.1, 0.15) is 9.84 Å². The number of hydrogen-bond donors (Lipinski definition) is 2. The molecule has 1 unspecified atom stereocenters. The first-order chi connectivity index (χ1) is 12.4. The van der Waals surface area contributed by atoms with Crippen LogP contribution < -0.4 is 15.5 Å². The molecule has 0 radical (unpaired) electrons. The van der Waals surface area contributed by atoms with E-state index in [1.54, 1.807) is 19.3 Å². The average molecular weight is 515 g/mol. The Balaban J connectivity index is 0.00000364. The van der Waals surface area contributed by atoms with E-state index in [0.717, 1.165) is 13.0 Å². The SMILES string of the molecule is CN=C(NCCOCCS(C)(=O)=O)NC1CCN(c2ncccc2F)C1.I. The molecule has 1 atom stereocenters. The first-order valence-corrected chi connectivity index (χ1v) is 10.5. The predicted octanol–water partition coefficient (Wildman–Crippen LogP) is 0.644. The Bertz CT molecular complexity index is 720. The van der Waals surface area contributed by atoms with Gasteiger partial charge in [-0.15, -0.1) is 24.0 Å². The van der Waals surface area contributed by atoms with Gasteiger partial charge in [0.05, 0.1) is 19.0 Å². The molecule has 8 nitrogen and oxygen atoms in total. The van der Waals surface area contributed by atoms with Crippen molar-refractivity contribution in [3.8, 4) is 0 Å². The summed E-state index contributed by atoms with van der Waals surface area (Å²) in [6, 6.07) is 3.12. The molecule has 0 aromatic carbocycles. The molecule has 1 fully saturated rings. The Morgan fingerprint density at radius 3 is 2.93 bits per heavy atom. The van der Waals surface area contributed by atoms with Crippen molar-refractivity contribution in [1.29, 1.82) is 0 Å². The molecular weight excluding hydrogens is 488 g/mol. The van der Waals surface area contributed by atoms with E-state index in [-0.39, 0.29) is 48.2 Å². The summed E-state index contributed by atoms with van der Waals surface area (Å²) >= 11 is 0. The molecule has 1 saturated heterocycles. The van der Waals surface area contributed by atoms with Crippen molar-refractivity contribution in [1.82, 2.24) is 15.6 Å². The van der Waals surface area contributed by atoms with Crippen LogP contribution in [0.25, 0.3) is 0 Å². The van der Waals surface area contributed by atoms with E-state index in [0.29, 0.717) is 31.5 Å². The van der Waals surface area contributed by atoms with Crippen LogP contribution in [0.2, 0.25) is 0 Å². The van der Waals surface area contributed by atoms with Crippen LogP contribution in [0.15, 0.2) is 23.3 Å². The van der Waals surface area contributed by atoms with E-state index >= 15 is 0 Å². The monoisotopic (exact) mass is 515 g/mol. The third kappa shape index (κ3) is 8.56. The number of aliphatic imine (C=N–C) groups is 1. The number of pyridine rings is 1. The molecule has 0 spiro atoms. The van der Waals surface area contributed by atoms with Crippen LogP contribution in [-0.2, 0) is 14.6 Å². The molecule has 0 aliphatic carbocycles. The molecule has 154 valence electrons. The minimum atomic E-state index is -3.00. The van der Waals surface area contributed by atoms with Gasteiger partial charge in [-0.25, -0.2) is 17.8 Å². The lowest BCUT2D eigenvalue weighted by atomic mass is 10.3. The summed E-state index contributed by atoms with van der Waals surface area (Å²) in [7, 11) is -1.33. The predicted molar refractivity (Wildman–Crippen MR) is 115 cm³/mol. The van der Waals surface area contributed by atoms with Crippen LogP contribution in [0.1, 0.15) is 6.42 Å². The molecule has 1 aliphatic heterocycles. The van der Waals surface area contributed by atoms with Crippen molar-refractivity contribution >= 4 is 45.6 Å². The number of anilines is 1. The Labute approximate surface area is 176 Å². The number of aromatic nitrogens is 1. The maximum absolute atomic E-state index is 13.8. The largest absolute Gasteiger partial charge is 0.379 e. The molecular formula is C16H27FIN5O3S. The highest BCUT2D eigenvalue weighted by atomic mass is 127. The Kier molecular flexibility index (Phi) is 10.2. The molecule has 1 aromatic heterocycles. The van der Waals surface area contributed by atoms with Crippen molar-refractivity contribution in [2.75, 3.05) is 56.8 Å². The van der Waals surface area contributed by atoms with Crippen molar-refractivity contribution in [2.45, 2.75) is 12.5 Å². The normalized spacial score (nSPS) is 17.5. The molecule has 2 rings (SSSR count). The number of halogens is 2. The topological polar surface area (TPSA) is 95.9 Å². The van der Waals surface area contributed by atoms with Crippen molar-refractivity contribution in [2.24, 2.45) is 4.99 Å². The fourth-order valence-corrected chi connectivity index (χ4v) is 3.04. The molecule has 2 heterocycles. The first kappa shape index (κ1) is 23.8. The number of hydrogen-bond acceptors (Lipinski definition) is 6. The van der Waals surface area contributed by atoms with Crippen LogP contribution in [0, 0.1) is 5.82 Å². The van der Waals surface area contributed by atoms with Crippen molar-refractivity contribution in [3.63, 3.8) is 0 Å². The molecule has 2 N–H and O–H groups in total. The third-order valence-electron chi connectivity index (χ3n) is 3.93. The van der Waals surface area contributed by atoms with E-state index in [4.69, 9.17) is 4.74 Å². The fourth-order valence-electron chi connectivity index (χ4n) is 2.62. The zero-order valence-electron chi connectivity index (χ0n) is 15.5. The van der Waals surface area contributed by atoms with E-state index < -0.39 is 9.84 Å². The molecule has 0 bridgehead atoms. The van der Waals surface area contributed by atoms with Gasteiger partial charge in [0, 0.05) is 45.2 Å². The highest BCUT2D eigenvalue weighted by Crippen LogP contribution is 2.20. The summed E-state index contributed by atoms with van der Waals surface area (Å²) in [6.45, 7) is 2.43. The van der Waals surface area contributed by atoms with Crippen LogP contribution in [0.3, 0.4) is 0 Å². The molecule has 0 amide bonds. The van der Waals surface area contributed by atoms with Gasteiger partial charge >= 0.3 is 0 Å². The molecule has 0 saturated carbocycles. The second-order valence-corrected chi connectivity index (χ2v) is 8.39. The summed E-state index contributed by atoms with van der Waals surface area (Å²) in [5.74, 6) is 0.702. The standard InChI is InChI=1S/C16H26FN5O3S.HI/c1-18-16(20-7-9-25-10-11-26(2,23)24)21-13-5-8-22(12-13)15-14(17)4-3-6-19-15;/h3-4,6,13H,5,7-12H2,1-2H3,(H2,18,20,21);1H. The van der Waals surface area contributed by atoms with Gasteiger partial charge in [0.15, 0.2) is 17.6 Å². The van der Waals surface area contributed by atoms with Gasteiger partial charge < -0.3 is 20.3 Å². The summed E-state index contributed by atoms with van der Waals surface area (Å²) in [5.41, 5.74) is 0. The summed E-state index contributed by atoms with van der Waals surface area (Å²) < 4.78 is 41.1. The minimum absolute atomic E-state index is 0. The van der Waals surface area contributed by atoms with Crippen LogP contribution >= 0.6 is 24.0 Å².